The van der Waals surface area contributed by atoms with Gasteiger partial charge in [0.15, 0.2) is 0 Å². The number of benzene rings is 1. The highest BCUT2D eigenvalue weighted by Crippen LogP contribution is 2.33. The molecular formula is C10H6BrF2N3S. The van der Waals surface area contributed by atoms with Crippen molar-refractivity contribution in [2.24, 2.45) is 0 Å². The highest BCUT2D eigenvalue weighted by atomic mass is 79.9. The Morgan fingerprint density at radius 2 is 2.06 bits per heavy atom. The van der Waals surface area contributed by atoms with Crippen molar-refractivity contribution in [3.05, 3.63) is 40.5 Å². The predicted molar refractivity (Wildman–Crippen MR) is 64.6 cm³/mol. The van der Waals surface area contributed by atoms with Gasteiger partial charge in [-0.15, -0.1) is 0 Å². The molecule has 0 amide bonds. The number of rotatable bonds is 2. The van der Waals surface area contributed by atoms with Crippen LogP contribution in [0.5, 0.6) is 0 Å². The first-order valence-electron chi connectivity index (χ1n) is 4.47. The Bertz CT molecular complexity index is 565. The quantitative estimate of drug-likeness (QED) is 0.864. The van der Waals surface area contributed by atoms with Crippen LogP contribution in [-0.4, -0.2) is 9.97 Å². The zero-order chi connectivity index (χ0) is 12.4. The molecule has 0 spiro atoms. The third-order valence-electron chi connectivity index (χ3n) is 1.83. The maximum Gasteiger partial charge on any atom is 0.221 e. The third kappa shape index (κ3) is 2.92. The van der Waals surface area contributed by atoms with Gasteiger partial charge in [-0.3, -0.25) is 0 Å². The Morgan fingerprint density at radius 3 is 2.76 bits per heavy atom. The Balaban J connectivity index is 2.34. The molecule has 0 bridgehead atoms. The smallest absolute Gasteiger partial charge is 0.221 e. The molecule has 0 unspecified atom stereocenters. The second-order valence-electron chi connectivity index (χ2n) is 3.06. The van der Waals surface area contributed by atoms with Crippen molar-refractivity contribution >= 4 is 33.6 Å². The second kappa shape index (κ2) is 4.97. The molecule has 0 saturated heterocycles. The van der Waals surface area contributed by atoms with E-state index in [1.165, 1.54) is 18.3 Å². The van der Waals surface area contributed by atoms with Crippen LogP contribution >= 0.6 is 27.7 Å². The lowest BCUT2D eigenvalue weighted by Crippen LogP contribution is -1.96. The van der Waals surface area contributed by atoms with Crippen LogP contribution in [0.15, 0.2) is 38.8 Å². The van der Waals surface area contributed by atoms with Crippen LogP contribution in [0, 0.1) is 11.6 Å². The largest absolute Gasteiger partial charge is 0.368 e. The van der Waals surface area contributed by atoms with Crippen molar-refractivity contribution < 1.29 is 8.78 Å². The third-order valence-corrected chi connectivity index (χ3v) is 3.73. The van der Waals surface area contributed by atoms with E-state index in [9.17, 15) is 8.78 Å². The highest BCUT2D eigenvalue weighted by Gasteiger charge is 2.10. The molecule has 2 N–H and O–H groups in total. The molecule has 2 aromatic rings. The van der Waals surface area contributed by atoms with Crippen LogP contribution in [0.1, 0.15) is 0 Å². The van der Waals surface area contributed by atoms with Crippen LogP contribution in [0.4, 0.5) is 14.7 Å². The molecule has 0 saturated carbocycles. The van der Waals surface area contributed by atoms with Crippen LogP contribution in [0.25, 0.3) is 0 Å². The van der Waals surface area contributed by atoms with Crippen molar-refractivity contribution in [2.75, 3.05) is 5.73 Å². The summed E-state index contributed by atoms with van der Waals surface area (Å²) in [6, 6.07) is 3.35. The number of halogens is 3. The standard InChI is InChI=1S/C10H6BrF2N3S/c11-6-4-15-10(14)16-9(6)17-8-2-1-5(12)3-7(8)13/h1-4H,(H2,14,15,16). The first-order valence-corrected chi connectivity index (χ1v) is 6.08. The first-order chi connectivity index (χ1) is 8.06. The van der Waals surface area contributed by atoms with Crippen LogP contribution in [-0.2, 0) is 0 Å². The van der Waals surface area contributed by atoms with E-state index in [0.29, 0.717) is 9.50 Å². The maximum atomic E-state index is 13.4. The van der Waals surface area contributed by atoms with Crippen LogP contribution in [0.2, 0.25) is 0 Å². The van der Waals surface area contributed by atoms with E-state index in [1.807, 2.05) is 0 Å². The Labute approximate surface area is 109 Å². The molecule has 7 heteroatoms. The summed E-state index contributed by atoms with van der Waals surface area (Å²) in [5.41, 5.74) is 5.43. The number of hydrogen-bond acceptors (Lipinski definition) is 4. The Kier molecular flexibility index (Phi) is 3.58. The molecule has 1 aromatic heterocycles. The summed E-state index contributed by atoms with van der Waals surface area (Å²) in [5.74, 6) is -1.16. The van der Waals surface area contributed by atoms with E-state index >= 15 is 0 Å². The molecule has 2 rings (SSSR count). The molecule has 0 aliphatic rings. The summed E-state index contributed by atoms with van der Waals surface area (Å²) in [7, 11) is 0. The lowest BCUT2D eigenvalue weighted by molar-refractivity contribution is 0.565. The molecule has 1 aromatic carbocycles. The highest BCUT2D eigenvalue weighted by molar-refractivity contribution is 9.10. The van der Waals surface area contributed by atoms with Crippen LogP contribution < -0.4 is 5.73 Å². The fourth-order valence-corrected chi connectivity index (χ4v) is 2.32. The molecule has 0 aliphatic heterocycles. The average Bonchev–Trinajstić information content (AvgIpc) is 2.27. The van der Waals surface area contributed by atoms with E-state index in [4.69, 9.17) is 5.73 Å². The molecule has 0 radical (unpaired) electrons. The maximum absolute atomic E-state index is 13.4. The van der Waals surface area contributed by atoms with E-state index in [-0.39, 0.29) is 10.8 Å². The Hall–Kier alpha value is -1.21. The lowest BCUT2D eigenvalue weighted by Gasteiger charge is -2.04. The van der Waals surface area contributed by atoms with Crippen molar-refractivity contribution in [1.82, 2.24) is 9.97 Å². The molecule has 1 heterocycles. The number of nitrogen functional groups attached to an aromatic ring is 1. The van der Waals surface area contributed by atoms with Gasteiger partial charge in [-0.05, 0) is 28.1 Å². The van der Waals surface area contributed by atoms with E-state index in [1.54, 1.807) is 0 Å². The topological polar surface area (TPSA) is 51.8 Å². The normalized spacial score (nSPS) is 10.5. The van der Waals surface area contributed by atoms with Crippen molar-refractivity contribution in [3.8, 4) is 0 Å². The van der Waals surface area contributed by atoms with Gasteiger partial charge in [0.25, 0.3) is 0 Å². The van der Waals surface area contributed by atoms with Crippen molar-refractivity contribution in [1.29, 1.82) is 0 Å². The molecule has 17 heavy (non-hydrogen) atoms. The molecular weight excluding hydrogens is 312 g/mol. The number of aromatic nitrogens is 2. The summed E-state index contributed by atoms with van der Waals surface area (Å²) in [5, 5.41) is 0.475. The summed E-state index contributed by atoms with van der Waals surface area (Å²) in [6.45, 7) is 0. The minimum atomic E-state index is -0.640. The molecule has 88 valence electrons. The molecule has 0 aliphatic carbocycles. The number of hydrogen-bond donors (Lipinski definition) is 1. The van der Waals surface area contributed by atoms with Crippen molar-refractivity contribution in [2.45, 2.75) is 9.92 Å². The van der Waals surface area contributed by atoms with Gasteiger partial charge < -0.3 is 5.73 Å². The minimum Gasteiger partial charge on any atom is -0.368 e. The molecule has 0 atom stereocenters. The van der Waals surface area contributed by atoms with Gasteiger partial charge in [-0.2, -0.15) is 0 Å². The first kappa shape index (κ1) is 12.3. The summed E-state index contributed by atoms with van der Waals surface area (Å²) in [6.07, 6.45) is 1.48. The average molecular weight is 318 g/mol. The molecule has 0 fully saturated rings. The summed E-state index contributed by atoms with van der Waals surface area (Å²) < 4.78 is 26.7. The zero-order valence-electron chi connectivity index (χ0n) is 8.32. The molecule has 3 nitrogen and oxygen atoms in total. The van der Waals surface area contributed by atoms with Gasteiger partial charge in [0.2, 0.25) is 5.95 Å². The number of anilines is 1. The van der Waals surface area contributed by atoms with Gasteiger partial charge in [0.05, 0.1) is 4.47 Å². The summed E-state index contributed by atoms with van der Waals surface area (Å²) in [4.78, 5) is 7.99. The summed E-state index contributed by atoms with van der Waals surface area (Å²) >= 11 is 4.27. The van der Waals surface area contributed by atoms with E-state index in [0.717, 1.165) is 17.8 Å². The zero-order valence-corrected chi connectivity index (χ0v) is 10.7. The van der Waals surface area contributed by atoms with Gasteiger partial charge in [0.1, 0.15) is 16.7 Å². The monoisotopic (exact) mass is 317 g/mol. The van der Waals surface area contributed by atoms with Gasteiger partial charge in [0, 0.05) is 17.2 Å². The van der Waals surface area contributed by atoms with E-state index < -0.39 is 11.6 Å². The van der Waals surface area contributed by atoms with Crippen LogP contribution in [0.3, 0.4) is 0 Å². The van der Waals surface area contributed by atoms with Gasteiger partial charge >= 0.3 is 0 Å². The number of nitrogens with two attached hydrogens (primary N) is 1. The SMILES string of the molecule is Nc1ncc(Br)c(Sc2ccc(F)cc2F)n1. The lowest BCUT2D eigenvalue weighted by atomic mass is 10.3. The van der Waals surface area contributed by atoms with Crippen molar-refractivity contribution in [3.63, 3.8) is 0 Å². The Morgan fingerprint density at radius 1 is 1.29 bits per heavy atom. The van der Waals surface area contributed by atoms with Gasteiger partial charge in [-0.25, -0.2) is 18.7 Å². The minimum absolute atomic E-state index is 0.0956. The second-order valence-corrected chi connectivity index (χ2v) is 4.94. The fraction of sp³-hybridized carbons (Fsp3) is 0. The predicted octanol–water partition coefficient (Wildman–Crippen LogP) is 3.25. The van der Waals surface area contributed by atoms with Gasteiger partial charge in [-0.1, -0.05) is 11.8 Å². The fourth-order valence-electron chi connectivity index (χ4n) is 1.10. The van der Waals surface area contributed by atoms with E-state index in [2.05, 4.69) is 25.9 Å². The number of nitrogens with zero attached hydrogens (tertiary/aromatic N) is 2.